The molecule has 170 valence electrons. The molecule has 2 aromatic rings. The van der Waals surface area contributed by atoms with Crippen LogP contribution in [0, 0.1) is 16.0 Å². The molecule has 0 aliphatic rings. The van der Waals surface area contributed by atoms with Gasteiger partial charge in [-0.1, -0.05) is 55.8 Å². The summed E-state index contributed by atoms with van der Waals surface area (Å²) in [6.45, 7) is 4.67. The first-order chi connectivity index (χ1) is 15.1. The van der Waals surface area contributed by atoms with Crippen LogP contribution in [0.4, 0.5) is 5.69 Å². The highest BCUT2D eigenvalue weighted by atomic mass is 35.5. The van der Waals surface area contributed by atoms with Crippen molar-refractivity contribution < 1.29 is 24.0 Å². The van der Waals surface area contributed by atoms with E-state index in [0.717, 1.165) is 11.6 Å². The number of nitro benzene ring substituents is 1. The standard InChI is InChI=1S/C22H24ClN3O6/c1-13(2)20(25-21(28)16-9-10-17(23)18(11-16)26(30)31)22(29)32-12-19(27)24-14(3)15-7-5-4-6-8-15/h4-11,13-14,20H,12H2,1-3H3,(H,24,27)(H,25,28)/t14?,20-/m0/s1. The van der Waals surface area contributed by atoms with Crippen molar-refractivity contribution in [1.29, 1.82) is 0 Å². The van der Waals surface area contributed by atoms with Crippen LogP contribution in [0.25, 0.3) is 0 Å². The summed E-state index contributed by atoms with van der Waals surface area (Å²) in [5.41, 5.74) is 0.442. The van der Waals surface area contributed by atoms with Crippen molar-refractivity contribution in [1.82, 2.24) is 10.6 Å². The summed E-state index contributed by atoms with van der Waals surface area (Å²) < 4.78 is 5.09. The van der Waals surface area contributed by atoms with Gasteiger partial charge < -0.3 is 15.4 Å². The van der Waals surface area contributed by atoms with E-state index < -0.39 is 41.0 Å². The number of carbonyl (C=O) groups excluding carboxylic acids is 3. The summed E-state index contributed by atoms with van der Waals surface area (Å²) in [4.78, 5) is 47.5. The lowest BCUT2D eigenvalue weighted by molar-refractivity contribution is -0.384. The van der Waals surface area contributed by atoms with Crippen molar-refractivity contribution in [2.75, 3.05) is 6.61 Å². The summed E-state index contributed by atoms with van der Waals surface area (Å²) in [6, 6.07) is 11.5. The van der Waals surface area contributed by atoms with Crippen molar-refractivity contribution in [3.8, 4) is 0 Å². The highest BCUT2D eigenvalue weighted by molar-refractivity contribution is 6.32. The van der Waals surface area contributed by atoms with Gasteiger partial charge in [-0.25, -0.2) is 4.79 Å². The predicted octanol–water partition coefficient (Wildman–Crippen LogP) is 3.42. The first-order valence-corrected chi connectivity index (χ1v) is 10.2. The zero-order valence-corrected chi connectivity index (χ0v) is 18.6. The molecule has 2 aromatic carbocycles. The number of esters is 1. The first kappa shape index (κ1) is 24.8. The Morgan fingerprint density at radius 3 is 2.31 bits per heavy atom. The van der Waals surface area contributed by atoms with Gasteiger partial charge in [0.25, 0.3) is 17.5 Å². The fourth-order valence-corrected chi connectivity index (χ4v) is 3.04. The summed E-state index contributed by atoms with van der Waals surface area (Å²) in [6.07, 6.45) is 0. The fraction of sp³-hybridized carbons (Fsp3) is 0.318. The van der Waals surface area contributed by atoms with Gasteiger partial charge in [-0.15, -0.1) is 0 Å². The van der Waals surface area contributed by atoms with Gasteiger partial charge >= 0.3 is 5.97 Å². The van der Waals surface area contributed by atoms with Gasteiger partial charge in [0.1, 0.15) is 11.1 Å². The van der Waals surface area contributed by atoms with Crippen molar-refractivity contribution in [3.05, 3.63) is 74.8 Å². The van der Waals surface area contributed by atoms with Crippen LogP contribution in [-0.2, 0) is 14.3 Å². The maximum atomic E-state index is 12.5. The van der Waals surface area contributed by atoms with E-state index in [1.165, 1.54) is 12.1 Å². The molecule has 0 aliphatic carbocycles. The molecule has 0 spiro atoms. The number of nitrogens with zero attached hydrogens (tertiary/aromatic N) is 1. The summed E-state index contributed by atoms with van der Waals surface area (Å²) in [5, 5.41) is 16.1. The molecule has 10 heteroatoms. The molecule has 0 bridgehead atoms. The number of carbonyl (C=O) groups is 3. The van der Waals surface area contributed by atoms with E-state index in [4.69, 9.17) is 16.3 Å². The average Bonchev–Trinajstić information content (AvgIpc) is 2.76. The average molecular weight is 462 g/mol. The van der Waals surface area contributed by atoms with Gasteiger partial charge in [0, 0.05) is 11.6 Å². The number of amides is 2. The van der Waals surface area contributed by atoms with E-state index in [1.807, 2.05) is 30.3 Å². The third-order valence-corrected chi connectivity index (χ3v) is 4.95. The maximum absolute atomic E-state index is 12.5. The number of nitrogens with one attached hydrogen (secondary N) is 2. The SMILES string of the molecule is CC(NC(=O)COC(=O)[C@@H](NC(=O)c1ccc(Cl)c([N+](=O)[O-])c1)C(C)C)c1ccccc1. The van der Waals surface area contributed by atoms with Gasteiger partial charge in [-0.05, 0) is 30.5 Å². The van der Waals surface area contributed by atoms with Gasteiger partial charge in [-0.2, -0.15) is 0 Å². The summed E-state index contributed by atoms with van der Waals surface area (Å²) in [5.74, 6) is -2.35. The molecule has 0 aromatic heterocycles. The van der Waals surface area contributed by atoms with E-state index in [1.54, 1.807) is 20.8 Å². The maximum Gasteiger partial charge on any atom is 0.329 e. The van der Waals surface area contributed by atoms with Crippen molar-refractivity contribution in [3.63, 3.8) is 0 Å². The Labute approximate surface area is 190 Å². The van der Waals surface area contributed by atoms with E-state index in [-0.39, 0.29) is 22.5 Å². The van der Waals surface area contributed by atoms with Crippen LogP contribution in [0.2, 0.25) is 5.02 Å². The first-order valence-electron chi connectivity index (χ1n) is 9.86. The monoisotopic (exact) mass is 461 g/mol. The Morgan fingerprint density at radius 2 is 1.72 bits per heavy atom. The second-order valence-corrected chi connectivity index (χ2v) is 7.83. The predicted molar refractivity (Wildman–Crippen MR) is 118 cm³/mol. The van der Waals surface area contributed by atoms with Crippen molar-refractivity contribution in [2.24, 2.45) is 5.92 Å². The molecule has 0 saturated heterocycles. The van der Waals surface area contributed by atoms with Crippen molar-refractivity contribution in [2.45, 2.75) is 32.9 Å². The number of benzene rings is 2. The normalized spacial score (nSPS) is 12.5. The molecular formula is C22H24ClN3O6. The molecule has 0 fully saturated rings. The van der Waals surface area contributed by atoms with Crippen molar-refractivity contribution >= 4 is 35.1 Å². The molecule has 0 heterocycles. The molecule has 2 atom stereocenters. The van der Waals surface area contributed by atoms with Crippen LogP contribution in [0.5, 0.6) is 0 Å². The second-order valence-electron chi connectivity index (χ2n) is 7.43. The van der Waals surface area contributed by atoms with Crippen LogP contribution in [-0.4, -0.2) is 35.4 Å². The lowest BCUT2D eigenvalue weighted by Gasteiger charge is -2.21. The smallest absolute Gasteiger partial charge is 0.329 e. The number of ether oxygens (including phenoxy) is 1. The number of rotatable bonds is 9. The minimum Gasteiger partial charge on any atom is -0.454 e. The molecule has 2 N–H and O–H groups in total. The molecule has 32 heavy (non-hydrogen) atoms. The topological polar surface area (TPSA) is 128 Å². The Morgan fingerprint density at radius 1 is 1.06 bits per heavy atom. The number of halogens is 1. The molecule has 1 unspecified atom stereocenters. The Kier molecular flexibility index (Phi) is 8.71. The van der Waals surface area contributed by atoms with Gasteiger partial charge in [0.15, 0.2) is 6.61 Å². The molecular weight excluding hydrogens is 438 g/mol. The highest BCUT2D eigenvalue weighted by Crippen LogP contribution is 2.25. The fourth-order valence-electron chi connectivity index (χ4n) is 2.85. The van der Waals surface area contributed by atoms with Gasteiger partial charge in [-0.3, -0.25) is 19.7 Å². The van der Waals surface area contributed by atoms with E-state index in [9.17, 15) is 24.5 Å². The second kappa shape index (κ2) is 11.2. The van der Waals surface area contributed by atoms with Crippen LogP contribution < -0.4 is 10.6 Å². The number of hydrogen-bond acceptors (Lipinski definition) is 6. The minimum atomic E-state index is -1.06. The van der Waals surface area contributed by atoms with E-state index >= 15 is 0 Å². The highest BCUT2D eigenvalue weighted by Gasteiger charge is 2.28. The third kappa shape index (κ3) is 6.78. The zero-order valence-electron chi connectivity index (χ0n) is 17.8. The summed E-state index contributed by atoms with van der Waals surface area (Å²) >= 11 is 5.76. The Bertz CT molecular complexity index is 996. The lowest BCUT2D eigenvalue weighted by Crippen LogP contribution is -2.46. The largest absolute Gasteiger partial charge is 0.454 e. The molecule has 2 rings (SSSR count). The molecule has 9 nitrogen and oxygen atoms in total. The summed E-state index contributed by atoms with van der Waals surface area (Å²) in [7, 11) is 0. The van der Waals surface area contributed by atoms with Crippen LogP contribution in [0.3, 0.4) is 0 Å². The molecule has 0 saturated carbocycles. The zero-order chi connectivity index (χ0) is 23.8. The minimum absolute atomic E-state index is 0.0334. The molecule has 0 radical (unpaired) electrons. The lowest BCUT2D eigenvalue weighted by atomic mass is 10.0. The Balaban J connectivity index is 1.97. The van der Waals surface area contributed by atoms with Crippen LogP contribution >= 0.6 is 11.6 Å². The van der Waals surface area contributed by atoms with Gasteiger partial charge in [0.05, 0.1) is 11.0 Å². The number of hydrogen-bond donors (Lipinski definition) is 2. The molecule has 0 aliphatic heterocycles. The molecule has 2 amide bonds. The Hall–Kier alpha value is -3.46. The van der Waals surface area contributed by atoms with E-state index in [2.05, 4.69) is 10.6 Å². The quantitative estimate of drug-likeness (QED) is 0.334. The third-order valence-electron chi connectivity index (χ3n) is 4.63. The van der Waals surface area contributed by atoms with E-state index in [0.29, 0.717) is 0 Å². The van der Waals surface area contributed by atoms with Crippen LogP contribution in [0.1, 0.15) is 42.7 Å². The van der Waals surface area contributed by atoms with Gasteiger partial charge in [0.2, 0.25) is 0 Å². The number of nitro groups is 1. The van der Waals surface area contributed by atoms with Crippen LogP contribution in [0.15, 0.2) is 48.5 Å².